The van der Waals surface area contributed by atoms with Crippen molar-refractivity contribution in [1.82, 2.24) is 9.88 Å². The molecule has 3 heteroatoms. The highest BCUT2D eigenvalue weighted by molar-refractivity contribution is 5.85. The van der Waals surface area contributed by atoms with E-state index in [-0.39, 0.29) is 0 Å². The van der Waals surface area contributed by atoms with E-state index in [1.165, 1.54) is 22.2 Å². The predicted octanol–water partition coefficient (Wildman–Crippen LogP) is 2.76. The van der Waals surface area contributed by atoms with Crippen molar-refractivity contribution in [2.45, 2.75) is 32.4 Å². The van der Waals surface area contributed by atoms with Gasteiger partial charge in [0, 0.05) is 49.4 Å². The van der Waals surface area contributed by atoms with Crippen molar-refractivity contribution >= 4 is 10.9 Å². The Balaban J connectivity index is 1.80. The van der Waals surface area contributed by atoms with Crippen LogP contribution in [0.15, 0.2) is 24.3 Å². The van der Waals surface area contributed by atoms with E-state index in [9.17, 15) is 0 Å². The highest BCUT2D eigenvalue weighted by Crippen LogP contribution is 2.24. The van der Waals surface area contributed by atoms with Crippen LogP contribution in [-0.2, 0) is 18.3 Å². The van der Waals surface area contributed by atoms with Crippen LogP contribution >= 0.6 is 0 Å². The first-order chi connectivity index (χ1) is 9.27. The molecule has 3 nitrogen and oxygen atoms in total. The number of aromatic nitrogens is 1. The fourth-order valence-corrected chi connectivity index (χ4v) is 3.03. The summed E-state index contributed by atoms with van der Waals surface area (Å²) in [6, 6.07) is 9.23. The number of aryl methyl sites for hydroxylation is 2. The molecule has 1 aromatic carbocycles. The summed E-state index contributed by atoms with van der Waals surface area (Å²) in [7, 11) is 2.16. The lowest BCUT2D eigenvalue weighted by molar-refractivity contribution is 0.0774. The molecule has 1 aromatic heterocycles. The smallest absolute Gasteiger partial charge is 0.0483 e. The van der Waals surface area contributed by atoms with E-state index in [4.69, 9.17) is 4.74 Å². The van der Waals surface area contributed by atoms with Gasteiger partial charge in [0.15, 0.2) is 0 Å². The summed E-state index contributed by atoms with van der Waals surface area (Å²) < 4.78 is 7.72. The van der Waals surface area contributed by atoms with Gasteiger partial charge >= 0.3 is 0 Å². The van der Waals surface area contributed by atoms with E-state index in [2.05, 4.69) is 48.1 Å². The van der Waals surface area contributed by atoms with E-state index in [1.807, 2.05) is 0 Å². The summed E-state index contributed by atoms with van der Waals surface area (Å²) >= 11 is 0. The normalized spacial score (nSPS) is 17.2. The van der Waals surface area contributed by atoms with Gasteiger partial charge in [-0.3, -0.25) is 0 Å². The van der Waals surface area contributed by atoms with Crippen LogP contribution in [0.5, 0.6) is 0 Å². The molecule has 1 fully saturated rings. The summed E-state index contributed by atoms with van der Waals surface area (Å²) in [5.74, 6) is 0. The maximum atomic E-state index is 5.40. The van der Waals surface area contributed by atoms with Crippen molar-refractivity contribution in [3.8, 4) is 0 Å². The molecular weight excluding hydrogens is 236 g/mol. The lowest BCUT2D eigenvalue weighted by Crippen LogP contribution is -2.34. The highest BCUT2D eigenvalue weighted by Gasteiger charge is 2.15. The van der Waals surface area contributed by atoms with Gasteiger partial charge in [-0.05, 0) is 31.4 Å². The predicted molar refractivity (Wildman–Crippen MR) is 78.3 cm³/mol. The number of nitrogens with one attached hydrogen (secondary N) is 1. The number of rotatable bonds is 3. The molecule has 0 unspecified atom stereocenters. The molecule has 1 N–H and O–H groups in total. The molecule has 0 spiro atoms. The van der Waals surface area contributed by atoms with Crippen LogP contribution < -0.4 is 5.32 Å². The van der Waals surface area contributed by atoms with Crippen LogP contribution in [-0.4, -0.2) is 23.8 Å². The first kappa shape index (κ1) is 12.7. The molecule has 2 heterocycles. The van der Waals surface area contributed by atoms with Crippen LogP contribution in [0, 0.1) is 6.92 Å². The summed E-state index contributed by atoms with van der Waals surface area (Å²) in [6.45, 7) is 4.96. The molecule has 19 heavy (non-hydrogen) atoms. The average Bonchev–Trinajstić information content (AvgIpc) is 2.71. The number of benzene rings is 1. The van der Waals surface area contributed by atoms with Gasteiger partial charge in [0.2, 0.25) is 0 Å². The molecule has 1 aliphatic heterocycles. The molecular formula is C16H22N2O. The molecule has 0 saturated carbocycles. The molecule has 3 rings (SSSR count). The van der Waals surface area contributed by atoms with E-state index in [1.54, 1.807) is 0 Å². The number of ether oxygens (including phenoxy) is 1. The van der Waals surface area contributed by atoms with E-state index in [0.29, 0.717) is 6.04 Å². The minimum atomic E-state index is 0.603. The minimum absolute atomic E-state index is 0.603. The number of fused-ring (bicyclic) bond motifs is 1. The maximum Gasteiger partial charge on any atom is 0.0483 e. The van der Waals surface area contributed by atoms with Gasteiger partial charge in [-0.15, -0.1) is 0 Å². The maximum absolute atomic E-state index is 5.40. The largest absolute Gasteiger partial charge is 0.381 e. The molecule has 0 bridgehead atoms. The standard InChI is InChI=1S/C16H22N2O/c1-12-14-5-3-4-6-15(14)18(2)16(12)11-17-13-7-9-19-10-8-13/h3-6,13,17H,7-11H2,1-2H3. The summed E-state index contributed by atoms with van der Waals surface area (Å²) in [4.78, 5) is 0. The zero-order valence-electron chi connectivity index (χ0n) is 11.8. The summed E-state index contributed by atoms with van der Waals surface area (Å²) in [6.07, 6.45) is 2.26. The third-order valence-electron chi connectivity index (χ3n) is 4.29. The van der Waals surface area contributed by atoms with Gasteiger partial charge in [-0.25, -0.2) is 0 Å². The monoisotopic (exact) mass is 258 g/mol. The zero-order valence-corrected chi connectivity index (χ0v) is 11.8. The Hall–Kier alpha value is -1.32. The average molecular weight is 258 g/mol. The zero-order chi connectivity index (χ0) is 13.2. The van der Waals surface area contributed by atoms with Crippen LogP contribution in [0.3, 0.4) is 0 Å². The fraction of sp³-hybridized carbons (Fsp3) is 0.500. The van der Waals surface area contributed by atoms with E-state index >= 15 is 0 Å². The van der Waals surface area contributed by atoms with Gasteiger partial charge in [0.1, 0.15) is 0 Å². The van der Waals surface area contributed by atoms with E-state index < -0.39 is 0 Å². The summed E-state index contributed by atoms with van der Waals surface area (Å²) in [5, 5.41) is 5.05. The Labute approximate surface area is 114 Å². The second-order valence-corrected chi connectivity index (χ2v) is 5.42. The van der Waals surface area contributed by atoms with Crippen molar-refractivity contribution in [2.75, 3.05) is 13.2 Å². The lowest BCUT2D eigenvalue weighted by Gasteiger charge is -2.23. The third-order valence-corrected chi connectivity index (χ3v) is 4.29. The second kappa shape index (κ2) is 5.35. The van der Waals surface area contributed by atoms with Crippen molar-refractivity contribution in [1.29, 1.82) is 0 Å². The molecule has 0 radical (unpaired) electrons. The first-order valence-corrected chi connectivity index (χ1v) is 7.11. The van der Waals surface area contributed by atoms with Crippen molar-refractivity contribution in [2.24, 2.45) is 7.05 Å². The van der Waals surface area contributed by atoms with Gasteiger partial charge < -0.3 is 14.6 Å². The topological polar surface area (TPSA) is 26.2 Å². The molecule has 102 valence electrons. The van der Waals surface area contributed by atoms with Gasteiger partial charge in [0.05, 0.1) is 0 Å². The second-order valence-electron chi connectivity index (χ2n) is 5.42. The van der Waals surface area contributed by atoms with Crippen molar-refractivity contribution in [3.63, 3.8) is 0 Å². The molecule has 1 aliphatic rings. The number of nitrogens with zero attached hydrogens (tertiary/aromatic N) is 1. The van der Waals surface area contributed by atoms with Crippen LogP contribution in [0.25, 0.3) is 10.9 Å². The Morgan fingerprint density at radius 1 is 1.26 bits per heavy atom. The van der Waals surface area contributed by atoms with Crippen molar-refractivity contribution < 1.29 is 4.74 Å². The van der Waals surface area contributed by atoms with Gasteiger partial charge in [-0.2, -0.15) is 0 Å². The van der Waals surface area contributed by atoms with Gasteiger partial charge in [-0.1, -0.05) is 18.2 Å². The SMILES string of the molecule is Cc1c(CNC2CCOCC2)n(C)c2ccccc12. The number of hydrogen-bond donors (Lipinski definition) is 1. The molecule has 2 aromatic rings. The summed E-state index contributed by atoms with van der Waals surface area (Å²) in [5.41, 5.74) is 4.12. The Morgan fingerprint density at radius 2 is 2.00 bits per heavy atom. The lowest BCUT2D eigenvalue weighted by atomic mass is 10.1. The van der Waals surface area contributed by atoms with Crippen LogP contribution in [0.1, 0.15) is 24.1 Å². The van der Waals surface area contributed by atoms with Crippen LogP contribution in [0.4, 0.5) is 0 Å². The Kier molecular flexibility index (Phi) is 3.58. The molecule has 0 atom stereocenters. The van der Waals surface area contributed by atoms with Crippen molar-refractivity contribution in [3.05, 3.63) is 35.5 Å². The number of hydrogen-bond acceptors (Lipinski definition) is 2. The number of para-hydroxylation sites is 1. The highest BCUT2D eigenvalue weighted by atomic mass is 16.5. The first-order valence-electron chi connectivity index (χ1n) is 7.11. The Bertz CT molecular complexity index is 528. The Morgan fingerprint density at radius 3 is 2.74 bits per heavy atom. The fourth-order valence-electron chi connectivity index (χ4n) is 3.03. The third kappa shape index (κ3) is 2.40. The molecule has 0 aliphatic carbocycles. The minimum Gasteiger partial charge on any atom is -0.381 e. The quantitative estimate of drug-likeness (QED) is 0.916. The van der Waals surface area contributed by atoms with Crippen LogP contribution in [0.2, 0.25) is 0 Å². The van der Waals surface area contributed by atoms with Gasteiger partial charge in [0.25, 0.3) is 0 Å². The molecule has 0 amide bonds. The van der Waals surface area contributed by atoms with E-state index in [0.717, 1.165) is 32.6 Å². The molecule has 1 saturated heterocycles.